The summed E-state index contributed by atoms with van der Waals surface area (Å²) in [4.78, 5) is 32.0. The quantitative estimate of drug-likeness (QED) is 0.624. The van der Waals surface area contributed by atoms with Crippen LogP contribution < -0.4 is 5.32 Å². The molecule has 1 aromatic heterocycles. The Balaban J connectivity index is 1.46. The molecular weight excluding hydrogens is 410 g/mol. The summed E-state index contributed by atoms with van der Waals surface area (Å²) >= 11 is 0. The summed E-state index contributed by atoms with van der Waals surface area (Å²) < 4.78 is 0. The third-order valence-electron chi connectivity index (χ3n) is 6.72. The second-order valence-electron chi connectivity index (χ2n) is 9.02. The maximum atomic E-state index is 13.0. The molecule has 1 fully saturated rings. The number of rotatable bonds is 6. The summed E-state index contributed by atoms with van der Waals surface area (Å²) in [5.41, 5.74) is 4.99. The molecule has 0 spiro atoms. The van der Waals surface area contributed by atoms with Gasteiger partial charge in [-0.3, -0.25) is 14.6 Å². The van der Waals surface area contributed by atoms with Crippen LogP contribution in [0.1, 0.15) is 29.5 Å². The number of aryl methyl sites for hydroxylation is 1. The van der Waals surface area contributed by atoms with Gasteiger partial charge in [-0.2, -0.15) is 0 Å². The van der Waals surface area contributed by atoms with Gasteiger partial charge in [0, 0.05) is 32.5 Å². The van der Waals surface area contributed by atoms with Gasteiger partial charge >= 0.3 is 0 Å². The molecule has 1 saturated heterocycles. The summed E-state index contributed by atoms with van der Waals surface area (Å²) in [7, 11) is 1.70. The largest absolute Gasteiger partial charge is 0.359 e. The van der Waals surface area contributed by atoms with E-state index in [9.17, 15) is 9.59 Å². The fourth-order valence-corrected chi connectivity index (χ4v) is 4.71. The van der Waals surface area contributed by atoms with Crippen LogP contribution in [0.25, 0.3) is 11.1 Å². The summed E-state index contributed by atoms with van der Waals surface area (Å²) in [6.45, 7) is 3.24. The lowest BCUT2D eigenvalue weighted by Gasteiger charge is -2.40. The van der Waals surface area contributed by atoms with E-state index in [1.807, 2.05) is 60.5 Å². The fourth-order valence-electron chi connectivity index (χ4n) is 4.71. The van der Waals surface area contributed by atoms with Gasteiger partial charge in [0.2, 0.25) is 11.8 Å². The second kappa shape index (κ2) is 9.99. The van der Waals surface area contributed by atoms with Crippen LogP contribution in [-0.4, -0.2) is 41.8 Å². The highest BCUT2D eigenvalue weighted by molar-refractivity contribution is 5.84. The van der Waals surface area contributed by atoms with Crippen molar-refractivity contribution >= 4 is 11.8 Å². The Morgan fingerprint density at radius 3 is 2.36 bits per heavy atom. The second-order valence-corrected chi connectivity index (χ2v) is 9.02. The molecule has 5 nitrogen and oxygen atoms in total. The van der Waals surface area contributed by atoms with Crippen molar-refractivity contribution in [2.75, 3.05) is 20.1 Å². The van der Waals surface area contributed by atoms with Gasteiger partial charge in [-0.05, 0) is 54.5 Å². The maximum Gasteiger partial charge on any atom is 0.226 e. The highest BCUT2D eigenvalue weighted by atomic mass is 16.2. The average molecular weight is 442 g/mol. The smallest absolute Gasteiger partial charge is 0.226 e. The van der Waals surface area contributed by atoms with Crippen LogP contribution in [0.2, 0.25) is 0 Å². The van der Waals surface area contributed by atoms with E-state index in [4.69, 9.17) is 0 Å². The first-order valence-electron chi connectivity index (χ1n) is 11.5. The highest BCUT2D eigenvalue weighted by Gasteiger charge is 2.41. The molecule has 1 N–H and O–H groups in total. The molecule has 0 bridgehead atoms. The average Bonchev–Trinajstić information content (AvgIpc) is 2.86. The Morgan fingerprint density at radius 1 is 0.970 bits per heavy atom. The topological polar surface area (TPSA) is 62.3 Å². The molecule has 1 aliphatic rings. The van der Waals surface area contributed by atoms with Crippen LogP contribution in [0.3, 0.4) is 0 Å². The Labute approximate surface area is 195 Å². The molecule has 2 amide bonds. The van der Waals surface area contributed by atoms with Gasteiger partial charge in [0.1, 0.15) is 0 Å². The van der Waals surface area contributed by atoms with E-state index in [1.165, 1.54) is 5.56 Å². The zero-order valence-corrected chi connectivity index (χ0v) is 19.4. The standard InChI is InChI=1S/C28H31N3O2/c1-21-8-10-22(11-9-21)18-26(32)31-15-12-28(13-16-31,27(33)29-2)19-23-5-3-6-24(17-23)25-7-4-14-30-20-25/h3-11,14,17,20H,12-13,15-16,18-19H2,1-2H3,(H,29,33). The van der Waals surface area contributed by atoms with Crippen molar-refractivity contribution in [2.24, 2.45) is 5.41 Å². The Kier molecular flexibility index (Phi) is 6.87. The van der Waals surface area contributed by atoms with Crippen molar-refractivity contribution < 1.29 is 9.59 Å². The molecule has 0 unspecified atom stereocenters. The van der Waals surface area contributed by atoms with Crippen LogP contribution in [0.4, 0.5) is 0 Å². The number of hydrogen-bond acceptors (Lipinski definition) is 3. The SMILES string of the molecule is CNC(=O)C1(Cc2cccc(-c3cccnc3)c2)CCN(C(=O)Cc2ccc(C)cc2)CC1. The number of piperidine rings is 1. The molecule has 33 heavy (non-hydrogen) atoms. The number of carbonyl (C=O) groups excluding carboxylic acids is 2. The lowest BCUT2D eigenvalue weighted by Crippen LogP contribution is -2.50. The van der Waals surface area contributed by atoms with Gasteiger partial charge in [0.25, 0.3) is 0 Å². The van der Waals surface area contributed by atoms with Gasteiger partial charge in [-0.25, -0.2) is 0 Å². The zero-order valence-electron chi connectivity index (χ0n) is 19.4. The van der Waals surface area contributed by atoms with Crippen molar-refractivity contribution in [3.8, 4) is 11.1 Å². The normalized spacial score (nSPS) is 15.2. The number of nitrogens with zero attached hydrogens (tertiary/aromatic N) is 2. The van der Waals surface area contributed by atoms with Crippen LogP contribution >= 0.6 is 0 Å². The predicted octanol–water partition coefficient (Wildman–Crippen LogP) is 4.20. The van der Waals surface area contributed by atoms with Crippen molar-refractivity contribution in [2.45, 2.75) is 32.6 Å². The first-order valence-corrected chi connectivity index (χ1v) is 11.5. The van der Waals surface area contributed by atoms with E-state index in [-0.39, 0.29) is 11.8 Å². The number of benzene rings is 2. The van der Waals surface area contributed by atoms with E-state index >= 15 is 0 Å². The van der Waals surface area contributed by atoms with E-state index in [0.717, 1.165) is 22.3 Å². The summed E-state index contributed by atoms with van der Waals surface area (Å²) in [5, 5.41) is 2.88. The zero-order chi connectivity index (χ0) is 23.3. The lowest BCUT2D eigenvalue weighted by atomic mass is 9.72. The minimum absolute atomic E-state index is 0.0555. The third kappa shape index (κ3) is 5.30. The molecular formula is C28H31N3O2. The third-order valence-corrected chi connectivity index (χ3v) is 6.72. The van der Waals surface area contributed by atoms with Gasteiger partial charge in [-0.1, -0.05) is 60.2 Å². The number of likely N-dealkylation sites (tertiary alicyclic amines) is 1. The number of carbonyl (C=O) groups is 2. The van der Waals surface area contributed by atoms with E-state index < -0.39 is 5.41 Å². The fraction of sp³-hybridized carbons (Fsp3) is 0.321. The van der Waals surface area contributed by atoms with Crippen molar-refractivity contribution in [3.05, 3.63) is 89.7 Å². The van der Waals surface area contributed by atoms with Gasteiger partial charge in [-0.15, -0.1) is 0 Å². The summed E-state index contributed by atoms with van der Waals surface area (Å²) in [5.74, 6) is 0.183. The molecule has 0 aliphatic carbocycles. The van der Waals surface area contributed by atoms with E-state index in [1.54, 1.807) is 13.2 Å². The maximum absolute atomic E-state index is 13.0. The van der Waals surface area contributed by atoms with Gasteiger partial charge in [0.15, 0.2) is 0 Å². The van der Waals surface area contributed by atoms with Gasteiger partial charge < -0.3 is 10.2 Å². The first kappa shape index (κ1) is 22.7. The van der Waals surface area contributed by atoms with Crippen LogP contribution in [-0.2, 0) is 22.4 Å². The van der Waals surface area contributed by atoms with E-state index in [2.05, 4.69) is 28.5 Å². The highest BCUT2D eigenvalue weighted by Crippen LogP contribution is 2.36. The molecule has 170 valence electrons. The number of pyridine rings is 1. The minimum atomic E-state index is -0.511. The number of amides is 2. The molecule has 0 radical (unpaired) electrons. The summed E-state index contributed by atoms with van der Waals surface area (Å²) in [6, 6.07) is 20.4. The van der Waals surface area contributed by atoms with Crippen LogP contribution in [0.5, 0.6) is 0 Å². The minimum Gasteiger partial charge on any atom is -0.359 e. The molecule has 0 saturated carbocycles. The Morgan fingerprint density at radius 2 is 1.70 bits per heavy atom. The number of aromatic nitrogens is 1. The number of nitrogens with one attached hydrogen (secondary N) is 1. The molecule has 4 rings (SSSR count). The predicted molar refractivity (Wildman–Crippen MR) is 131 cm³/mol. The van der Waals surface area contributed by atoms with Crippen molar-refractivity contribution in [1.82, 2.24) is 15.2 Å². The molecule has 1 aliphatic heterocycles. The van der Waals surface area contributed by atoms with E-state index in [0.29, 0.717) is 38.8 Å². The van der Waals surface area contributed by atoms with Gasteiger partial charge in [0.05, 0.1) is 11.8 Å². The summed E-state index contributed by atoms with van der Waals surface area (Å²) in [6.07, 6.45) is 5.99. The lowest BCUT2D eigenvalue weighted by molar-refractivity contribution is -0.140. The van der Waals surface area contributed by atoms with Crippen LogP contribution in [0, 0.1) is 12.3 Å². The monoisotopic (exact) mass is 441 g/mol. The first-order chi connectivity index (χ1) is 16.0. The molecule has 3 aromatic rings. The molecule has 0 atom stereocenters. The molecule has 2 aromatic carbocycles. The van der Waals surface area contributed by atoms with Crippen molar-refractivity contribution in [3.63, 3.8) is 0 Å². The molecule has 5 heteroatoms. The van der Waals surface area contributed by atoms with Crippen LogP contribution in [0.15, 0.2) is 73.1 Å². The number of hydrogen-bond donors (Lipinski definition) is 1. The molecule has 2 heterocycles. The van der Waals surface area contributed by atoms with Crippen molar-refractivity contribution in [1.29, 1.82) is 0 Å². The Bertz CT molecular complexity index is 1100. The Hall–Kier alpha value is -3.47.